The van der Waals surface area contributed by atoms with Crippen LogP contribution in [0.1, 0.15) is 61.1 Å². The van der Waals surface area contributed by atoms with Gasteiger partial charge in [-0.1, -0.05) is 61.0 Å². The van der Waals surface area contributed by atoms with Crippen LogP contribution in [0.15, 0.2) is 95.4 Å². The highest BCUT2D eigenvalue weighted by atomic mass is 16.5. The van der Waals surface area contributed by atoms with Crippen LogP contribution in [-0.2, 0) is 24.6 Å². The SMILES string of the molecule is Cc1c(COc2ccc(CN3CCCC[C@@H]3C(=O)O)c(OCc3nnc(-c4ccccc4)o3)c2)cccc1-c1cccc(OCCCN2CCC(CO)CC2)c1. The van der Waals surface area contributed by atoms with Crippen molar-refractivity contribution in [3.8, 4) is 39.8 Å². The lowest BCUT2D eigenvalue weighted by atomic mass is 9.96. The van der Waals surface area contributed by atoms with Gasteiger partial charge >= 0.3 is 5.97 Å². The number of nitrogens with zero attached hydrogens (tertiary/aromatic N) is 4. The molecule has 2 N–H and O–H groups in total. The second-order valence-electron chi connectivity index (χ2n) is 14.8. The van der Waals surface area contributed by atoms with E-state index in [0.717, 1.165) is 90.9 Å². The zero-order chi connectivity index (χ0) is 38.7. The van der Waals surface area contributed by atoms with E-state index in [0.29, 0.717) is 68.5 Å². The van der Waals surface area contributed by atoms with Gasteiger partial charge < -0.3 is 33.7 Å². The molecule has 2 fully saturated rings. The Labute approximate surface area is 328 Å². The van der Waals surface area contributed by atoms with Crippen molar-refractivity contribution in [1.29, 1.82) is 0 Å². The molecule has 294 valence electrons. The standard InChI is InChI=1S/C45H52N4O7/c1-32-37(13-8-15-40(32)35-12-7-14-38(26-35)53-25-9-21-48-23-19-33(29-50)20-24-48)30-54-39-18-17-36(28-49-22-6-5-16-41(49)45(51)52)42(27-39)55-31-43-46-47-44(56-43)34-10-3-2-4-11-34/h2-4,7-8,10-15,17-18,26-27,33,41,50H,5-6,9,16,19-25,28-31H2,1H3,(H,51,52)/t41-/m1/s1. The molecular weight excluding hydrogens is 709 g/mol. The highest BCUT2D eigenvalue weighted by Crippen LogP contribution is 2.32. The molecule has 0 spiro atoms. The summed E-state index contributed by atoms with van der Waals surface area (Å²) in [7, 11) is 0. The van der Waals surface area contributed by atoms with E-state index in [-0.39, 0.29) is 6.61 Å². The molecule has 0 aliphatic carbocycles. The van der Waals surface area contributed by atoms with E-state index >= 15 is 0 Å². The average molecular weight is 761 g/mol. The Balaban J connectivity index is 1.01. The van der Waals surface area contributed by atoms with Crippen molar-refractivity contribution in [3.63, 3.8) is 0 Å². The monoisotopic (exact) mass is 760 g/mol. The minimum atomic E-state index is -0.801. The smallest absolute Gasteiger partial charge is 0.320 e. The van der Waals surface area contributed by atoms with Crippen molar-refractivity contribution in [2.75, 3.05) is 39.4 Å². The van der Waals surface area contributed by atoms with Crippen LogP contribution in [0, 0.1) is 12.8 Å². The van der Waals surface area contributed by atoms with Crippen LogP contribution in [-0.4, -0.2) is 81.6 Å². The highest BCUT2D eigenvalue weighted by molar-refractivity contribution is 5.73. The van der Waals surface area contributed by atoms with Gasteiger partial charge in [-0.15, -0.1) is 10.2 Å². The van der Waals surface area contributed by atoms with Crippen molar-refractivity contribution >= 4 is 5.97 Å². The summed E-state index contributed by atoms with van der Waals surface area (Å²) in [5.74, 6) is 2.46. The van der Waals surface area contributed by atoms with E-state index in [4.69, 9.17) is 18.6 Å². The quantitative estimate of drug-likeness (QED) is 0.0902. The fourth-order valence-electron chi connectivity index (χ4n) is 7.66. The zero-order valence-corrected chi connectivity index (χ0v) is 32.1. The van der Waals surface area contributed by atoms with Gasteiger partial charge in [0.2, 0.25) is 5.89 Å². The Morgan fingerprint density at radius 1 is 0.804 bits per heavy atom. The molecule has 5 aromatic rings. The van der Waals surface area contributed by atoms with E-state index in [9.17, 15) is 15.0 Å². The van der Waals surface area contributed by atoms with Crippen molar-refractivity contribution in [2.24, 2.45) is 5.92 Å². The third-order valence-corrected chi connectivity index (χ3v) is 11.0. The first-order valence-corrected chi connectivity index (χ1v) is 19.8. The molecule has 11 heteroatoms. The predicted molar refractivity (Wildman–Crippen MR) is 214 cm³/mol. The van der Waals surface area contributed by atoms with E-state index in [1.165, 1.54) is 0 Å². The molecule has 2 aliphatic heterocycles. The van der Waals surface area contributed by atoms with Crippen LogP contribution < -0.4 is 14.2 Å². The maximum Gasteiger partial charge on any atom is 0.320 e. The zero-order valence-electron chi connectivity index (χ0n) is 32.1. The third-order valence-electron chi connectivity index (χ3n) is 11.0. The fourth-order valence-corrected chi connectivity index (χ4v) is 7.66. The van der Waals surface area contributed by atoms with Gasteiger partial charge in [0.05, 0.1) is 6.61 Å². The molecule has 0 bridgehead atoms. The van der Waals surface area contributed by atoms with E-state index in [1.54, 1.807) is 0 Å². The topological polar surface area (TPSA) is 131 Å². The first-order valence-electron chi connectivity index (χ1n) is 19.8. The second-order valence-corrected chi connectivity index (χ2v) is 14.8. The summed E-state index contributed by atoms with van der Waals surface area (Å²) in [4.78, 5) is 16.6. The Kier molecular flexibility index (Phi) is 13.3. The minimum absolute atomic E-state index is 0.0484. The molecule has 0 unspecified atom stereocenters. The Bertz CT molecular complexity index is 2030. The van der Waals surface area contributed by atoms with Gasteiger partial charge in [-0.2, -0.15) is 0 Å². The summed E-state index contributed by atoms with van der Waals surface area (Å²) >= 11 is 0. The second kappa shape index (κ2) is 19.1. The molecule has 4 aromatic carbocycles. The Morgan fingerprint density at radius 3 is 2.43 bits per heavy atom. The number of aliphatic hydroxyl groups excluding tert-OH is 1. The van der Waals surface area contributed by atoms with Crippen molar-refractivity contribution in [2.45, 2.75) is 71.2 Å². The molecule has 0 radical (unpaired) electrons. The Hall–Kier alpha value is -5.23. The number of aromatic nitrogens is 2. The van der Waals surface area contributed by atoms with Gasteiger partial charge in [-0.05, 0) is 117 Å². The normalized spacial score (nSPS) is 16.8. The van der Waals surface area contributed by atoms with E-state index in [2.05, 4.69) is 52.4 Å². The number of rotatable bonds is 17. The number of carboxylic acid groups (broad SMARTS) is 1. The van der Waals surface area contributed by atoms with E-state index < -0.39 is 12.0 Å². The third kappa shape index (κ3) is 10.1. The van der Waals surface area contributed by atoms with Gasteiger partial charge in [-0.25, -0.2) is 0 Å². The number of hydrogen-bond donors (Lipinski definition) is 2. The van der Waals surface area contributed by atoms with Gasteiger partial charge in [0.1, 0.15) is 29.9 Å². The summed E-state index contributed by atoms with van der Waals surface area (Å²) in [5.41, 5.74) is 6.07. The molecule has 2 saturated heterocycles. The number of ether oxygens (including phenoxy) is 3. The first kappa shape index (κ1) is 39.0. The van der Waals surface area contributed by atoms with Crippen LogP contribution in [0.25, 0.3) is 22.6 Å². The van der Waals surface area contributed by atoms with Crippen molar-refractivity contribution < 1.29 is 33.6 Å². The molecular formula is C45H52N4O7. The lowest BCUT2D eigenvalue weighted by Crippen LogP contribution is -2.44. The van der Waals surface area contributed by atoms with Crippen molar-refractivity contribution in [3.05, 3.63) is 114 Å². The molecule has 56 heavy (non-hydrogen) atoms. The van der Waals surface area contributed by atoms with Gasteiger partial charge in [0, 0.05) is 36.9 Å². The largest absolute Gasteiger partial charge is 0.494 e. The number of carbonyl (C=O) groups is 1. The van der Waals surface area contributed by atoms with Crippen LogP contribution in [0.5, 0.6) is 17.2 Å². The van der Waals surface area contributed by atoms with E-state index in [1.807, 2.05) is 65.6 Å². The lowest BCUT2D eigenvalue weighted by Gasteiger charge is -2.33. The number of aliphatic hydroxyl groups is 1. The molecule has 7 rings (SSSR count). The number of carboxylic acids is 1. The molecule has 0 saturated carbocycles. The minimum Gasteiger partial charge on any atom is -0.494 e. The molecule has 1 atom stereocenters. The van der Waals surface area contributed by atoms with Crippen LogP contribution in [0.3, 0.4) is 0 Å². The number of hydrogen-bond acceptors (Lipinski definition) is 10. The summed E-state index contributed by atoms with van der Waals surface area (Å²) in [6.45, 7) is 7.70. The predicted octanol–water partition coefficient (Wildman–Crippen LogP) is 7.78. The molecule has 0 amide bonds. The van der Waals surface area contributed by atoms with Gasteiger partial charge in [0.15, 0.2) is 6.61 Å². The van der Waals surface area contributed by atoms with Crippen LogP contribution in [0.2, 0.25) is 0 Å². The summed E-state index contributed by atoms with van der Waals surface area (Å²) in [5, 5.41) is 27.7. The Morgan fingerprint density at radius 2 is 1.61 bits per heavy atom. The summed E-state index contributed by atoms with van der Waals surface area (Å²) < 4.78 is 24.8. The summed E-state index contributed by atoms with van der Waals surface area (Å²) in [6.07, 6.45) is 5.57. The van der Waals surface area contributed by atoms with Gasteiger partial charge in [0.25, 0.3) is 5.89 Å². The van der Waals surface area contributed by atoms with Gasteiger partial charge in [-0.3, -0.25) is 9.69 Å². The lowest BCUT2D eigenvalue weighted by molar-refractivity contribution is -0.144. The first-order chi connectivity index (χ1) is 27.4. The fraction of sp³-hybridized carbons (Fsp3) is 0.400. The maximum absolute atomic E-state index is 12.1. The number of piperidine rings is 2. The number of benzene rings is 4. The highest BCUT2D eigenvalue weighted by Gasteiger charge is 2.29. The maximum atomic E-state index is 12.1. The molecule has 1 aromatic heterocycles. The average Bonchev–Trinajstić information content (AvgIpc) is 3.72. The van der Waals surface area contributed by atoms with Crippen molar-refractivity contribution in [1.82, 2.24) is 20.0 Å². The number of aliphatic carboxylic acids is 1. The molecule has 3 heterocycles. The molecule has 2 aliphatic rings. The van der Waals surface area contributed by atoms with Crippen LogP contribution in [0.4, 0.5) is 0 Å². The van der Waals surface area contributed by atoms with Crippen LogP contribution >= 0.6 is 0 Å². The summed E-state index contributed by atoms with van der Waals surface area (Å²) in [6, 6.07) is 29.3. The molecule has 11 nitrogen and oxygen atoms in total. The number of likely N-dealkylation sites (tertiary alicyclic amines) is 2.